The van der Waals surface area contributed by atoms with Crippen molar-refractivity contribution in [1.29, 1.82) is 0 Å². The minimum Gasteiger partial charge on any atom is -0.507 e. The van der Waals surface area contributed by atoms with Crippen molar-refractivity contribution in [3.8, 4) is 11.5 Å². The van der Waals surface area contributed by atoms with Crippen molar-refractivity contribution < 1.29 is 33.6 Å². The van der Waals surface area contributed by atoms with Gasteiger partial charge in [-0.3, -0.25) is 4.79 Å². The third-order valence-electron chi connectivity index (χ3n) is 3.44. The number of hydrogen-bond donors (Lipinski definition) is 1. The van der Waals surface area contributed by atoms with Gasteiger partial charge >= 0.3 is 5.97 Å². The molecule has 1 fully saturated rings. The summed E-state index contributed by atoms with van der Waals surface area (Å²) in [5, 5.41) is 9.65. The molecule has 3 atom stereocenters. The Labute approximate surface area is 127 Å². The summed E-state index contributed by atoms with van der Waals surface area (Å²) in [5.41, 5.74) is 0.166. The lowest BCUT2D eigenvalue weighted by molar-refractivity contribution is -0.200. The topological polar surface area (TPSA) is 91.3 Å². The lowest BCUT2D eigenvalue weighted by Crippen LogP contribution is -2.43. The van der Waals surface area contributed by atoms with Gasteiger partial charge in [0.1, 0.15) is 11.5 Å². The number of benzene rings is 1. The second kappa shape index (κ2) is 7.24. The first kappa shape index (κ1) is 16.3. The molecule has 1 aromatic rings. The highest BCUT2D eigenvalue weighted by molar-refractivity contribution is 5.79. The minimum atomic E-state index is -0.767. The highest BCUT2D eigenvalue weighted by Gasteiger charge is 2.35. The zero-order valence-electron chi connectivity index (χ0n) is 12.4. The second-order valence-electron chi connectivity index (χ2n) is 4.86. The van der Waals surface area contributed by atoms with E-state index in [1.54, 1.807) is 7.11 Å². The van der Waals surface area contributed by atoms with E-state index in [9.17, 15) is 14.7 Å². The molecule has 1 N–H and O–H groups in total. The summed E-state index contributed by atoms with van der Waals surface area (Å²) in [4.78, 5) is 22.3. The quantitative estimate of drug-likeness (QED) is 0.647. The molecular formula is C15H18O7. The number of carbonyl (C=O) groups is 2. The average Bonchev–Trinajstić information content (AvgIpc) is 2.53. The van der Waals surface area contributed by atoms with Gasteiger partial charge in [0.15, 0.2) is 12.4 Å². The Bertz CT molecular complexity index is 543. The SMILES string of the molecule is COC(=O)C1CC(OC)CC(Oc2ccc(C=O)c(O)c2)O1. The summed E-state index contributed by atoms with van der Waals surface area (Å²) in [5.74, 6) is -0.348. The Hall–Kier alpha value is -2.12. The van der Waals surface area contributed by atoms with Crippen molar-refractivity contribution in [2.24, 2.45) is 0 Å². The molecule has 1 aliphatic rings. The molecule has 0 saturated carbocycles. The first-order valence-corrected chi connectivity index (χ1v) is 6.78. The number of esters is 1. The van der Waals surface area contributed by atoms with Crippen LogP contribution in [0.5, 0.6) is 11.5 Å². The molecule has 0 aromatic heterocycles. The fourth-order valence-electron chi connectivity index (χ4n) is 2.24. The van der Waals surface area contributed by atoms with Crippen LogP contribution in [0.25, 0.3) is 0 Å². The number of rotatable bonds is 5. The molecular weight excluding hydrogens is 292 g/mol. The van der Waals surface area contributed by atoms with E-state index < -0.39 is 18.4 Å². The van der Waals surface area contributed by atoms with Crippen LogP contribution in [-0.2, 0) is 19.0 Å². The van der Waals surface area contributed by atoms with Crippen LogP contribution >= 0.6 is 0 Å². The number of hydrogen-bond acceptors (Lipinski definition) is 7. The van der Waals surface area contributed by atoms with E-state index in [0.717, 1.165) is 0 Å². The Morgan fingerprint density at radius 3 is 2.73 bits per heavy atom. The van der Waals surface area contributed by atoms with E-state index in [-0.39, 0.29) is 17.4 Å². The van der Waals surface area contributed by atoms with Crippen molar-refractivity contribution in [3.05, 3.63) is 23.8 Å². The monoisotopic (exact) mass is 310 g/mol. The number of ether oxygens (including phenoxy) is 4. The molecule has 2 rings (SSSR count). The zero-order valence-corrected chi connectivity index (χ0v) is 12.4. The maximum Gasteiger partial charge on any atom is 0.335 e. The predicted octanol–water partition coefficient (Wildman–Crippen LogP) is 1.28. The Kier molecular flexibility index (Phi) is 5.35. The van der Waals surface area contributed by atoms with E-state index in [1.807, 2.05) is 0 Å². The number of methoxy groups -OCH3 is 2. The average molecular weight is 310 g/mol. The molecule has 1 saturated heterocycles. The first-order valence-electron chi connectivity index (χ1n) is 6.78. The van der Waals surface area contributed by atoms with Crippen molar-refractivity contribution in [2.75, 3.05) is 14.2 Å². The lowest BCUT2D eigenvalue weighted by Gasteiger charge is -2.33. The van der Waals surface area contributed by atoms with E-state index in [2.05, 4.69) is 4.74 Å². The fourth-order valence-corrected chi connectivity index (χ4v) is 2.24. The molecule has 1 aromatic carbocycles. The maximum absolute atomic E-state index is 11.6. The Morgan fingerprint density at radius 1 is 1.36 bits per heavy atom. The number of phenolic OH excluding ortho intramolecular Hbond substituents is 1. The molecule has 3 unspecified atom stereocenters. The van der Waals surface area contributed by atoms with Crippen LogP contribution in [0.1, 0.15) is 23.2 Å². The third-order valence-corrected chi connectivity index (χ3v) is 3.44. The molecule has 0 bridgehead atoms. The summed E-state index contributed by atoms with van der Waals surface area (Å²) in [6, 6.07) is 4.29. The van der Waals surface area contributed by atoms with Crippen molar-refractivity contribution in [3.63, 3.8) is 0 Å². The van der Waals surface area contributed by atoms with Gasteiger partial charge in [0.05, 0.1) is 18.8 Å². The molecule has 1 heterocycles. The highest BCUT2D eigenvalue weighted by Crippen LogP contribution is 2.28. The highest BCUT2D eigenvalue weighted by atomic mass is 16.7. The van der Waals surface area contributed by atoms with Crippen LogP contribution in [0.2, 0.25) is 0 Å². The smallest absolute Gasteiger partial charge is 0.335 e. The van der Waals surface area contributed by atoms with Gasteiger partial charge in [-0.25, -0.2) is 4.79 Å². The van der Waals surface area contributed by atoms with Crippen molar-refractivity contribution in [1.82, 2.24) is 0 Å². The maximum atomic E-state index is 11.6. The van der Waals surface area contributed by atoms with E-state index in [1.165, 1.54) is 25.3 Å². The van der Waals surface area contributed by atoms with Gasteiger partial charge in [-0.1, -0.05) is 0 Å². The predicted molar refractivity (Wildman–Crippen MR) is 74.8 cm³/mol. The third kappa shape index (κ3) is 3.75. The van der Waals surface area contributed by atoms with Crippen LogP contribution < -0.4 is 4.74 Å². The van der Waals surface area contributed by atoms with Gasteiger partial charge in [-0.05, 0) is 12.1 Å². The van der Waals surface area contributed by atoms with E-state index in [0.29, 0.717) is 24.9 Å². The van der Waals surface area contributed by atoms with Crippen LogP contribution in [0.3, 0.4) is 0 Å². The zero-order chi connectivity index (χ0) is 16.1. The van der Waals surface area contributed by atoms with E-state index >= 15 is 0 Å². The van der Waals surface area contributed by atoms with Crippen LogP contribution in [0.4, 0.5) is 0 Å². The van der Waals surface area contributed by atoms with Gasteiger partial charge in [-0.15, -0.1) is 0 Å². The lowest BCUT2D eigenvalue weighted by atomic mass is 10.0. The van der Waals surface area contributed by atoms with Gasteiger partial charge in [0.2, 0.25) is 6.29 Å². The Balaban J connectivity index is 2.08. The number of phenols is 1. The molecule has 7 heteroatoms. The van der Waals surface area contributed by atoms with Crippen molar-refractivity contribution >= 4 is 12.3 Å². The fraction of sp³-hybridized carbons (Fsp3) is 0.467. The number of aromatic hydroxyl groups is 1. The summed E-state index contributed by atoms with van der Waals surface area (Å²) in [7, 11) is 2.83. The van der Waals surface area contributed by atoms with Crippen molar-refractivity contribution in [2.45, 2.75) is 31.3 Å². The molecule has 120 valence electrons. The normalized spacial score (nSPS) is 24.5. The minimum absolute atomic E-state index is 0.166. The molecule has 7 nitrogen and oxygen atoms in total. The van der Waals surface area contributed by atoms with Gasteiger partial charge < -0.3 is 24.1 Å². The molecule has 1 aliphatic heterocycles. The van der Waals surface area contributed by atoms with Gasteiger partial charge in [0, 0.05) is 26.0 Å². The van der Waals surface area contributed by atoms with Crippen LogP contribution in [0.15, 0.2) is 18.2 Å². The van der Waals surface area contributed by atoms with Crippen LogP contribution in [-0.4, -0.2) is 50.1 Å². The second-order valence-corrected chi connectivity index (χ2v) is 4.86. The number of aldehydes is 1. The van der Waals surface area contributed by atoms with E-state index in [4.69, 9.17) is 14.2 Å². The van der Waals surface area contributed by atoms with Gasteiger partial charge in [0.25, 0.3) is 0 Å². The first-order chi connectivity index (χ1) is 10.6. The standard InChI is InChI=1S/C15H18O7/c1-19-11-6-13(15(18)20-2)22-14(7-11)21-10-4-3-9(8-16)12(17)5-10/h3-5,8,11,13-14,17H,6-7H2,1-2H3. The molecule has 0 spiro atoms. The van der Waals surface area contributed by atoms with Crippen LogP contribution in [0, 0.1) is 0 Å². The summed E-state index contributed by atoms with van der Waals surface area (Å²) in [6.45, 7) is 0. The molecule has 0 aliphatic carbocycles. The largest absolute Gasteiger partial charge is 0.507 e. The van der Waals surface area contributed by atoms with Gasteiger partial charge in [-0.2, -0.15) is 0 Å². The Morgan fingerprint density at radius 2 is 2.14 bits per heavy atom. The molecule has 0 amide bonds. The summed E-state index contributed by atoms with van der Waals surface area (Å²) >= 11 is 0. The molecule has 0 radical (unpaired) electrons. The molecule has 22 heavy (non-hydrogen) atoms. The summed E-state index contributed by atoms with van der Waals surface area (Å²) in [6.07, 6.45) is -0.324. The summed E-state index contributed by atoms with van der Waals surface area (Å²) < 4.78 is 21.1. The number of carbonyl (C=O) groups excluding carboxylic acids is 2.